The Morgan fingerprint density at radius 1 is 0.812 bits per heavy atom. The molecule has 0 aliphatic carbocycles. The van der Waals surface area contributed by atoms with Gasteiger partial charge in [0.15, 0.2) is 28.9 Å². The average Bonchev–Trinajstić information content (AvgIpc) is 2.72. The minimum atomic E-state index is -1.40. The molecule has 32 heavy (non-hydrogen) atoms. The standard InChI is InChI=1S/C22H13F3O7/c23-12-7-14(25)13(24)3-10(12)8-31-22-20(30)19-17(29)5-11(26)6-18(19)32-21(22)9-1-2-15(27)16(28)4-9/h1-7,26-29H,8H2. The molecule has 0 spiro atoms. The molecule has 10 heteroatoms. The van der Waals surface area contributed by atoms with Crippen molar-refractivity contribution in [1.82, 2.24) is 0 Å². The Labute approximate surface area is 176 Å². The van der Waals surface area contributed by atoms with Crippen LogP contribution in [0.3, 0.4) is 0 Å². The Bertz CT molecular complexity index is 1430. The molecule has 4 rings (SSSR count). The molecule has 4 N–H and O–H groups in total. The monoisotopic (exact) mass is 446 g/mol. The molecule has 0 atom stereocenters. The molecule has 0 amide bonds. The van der Waals surface area contributed by atoms with Crippen molar-refractivity contribution in [2.75, 3.05) is 0 Å². The number of fused-ring (bicyclic) bond motifs is 1. The number of halogens is 3. The Kier molecular flexibility index (Phi) is 5.05. The number of phenols is 4. The molecule has 0 aliphatic heterocycles. The predicted octanol–water partition coefficient (Wildman–Crippen LogP) is 4.28. The molecular formula is C22H13F3O7. The number of rotatable bonds is 4. The van der Waals surface area contributed by atoms with Gasteiger partial charge in [-0.05, 0) is 24.3 Å². The van der Waals surface area contributed by atoms with E-state index < -0.39 is 63.8 Å². The smallest absolute Gasteiger partial charge is 0.239 e. The zero-order valence-corrected chi connectivity index (χ0v) is 15.9. The van der Waals surface area contributed by atoms with E-state index in [9.17, 15) is 38.4 Å². The second kappa shape index (κ2) is 7.73. The first-order valence-corrected chi connectivity index (χ1v) is 8.97. The molecule has 3 aromatic carbocycles. The van der Waals surface area contributed by atoms with Gasteiger partial charge in [-0.3, -0.25) is 4.79 Å². The quantitative estimate of drug-likeness (QED) is 0.273. The van der Waals surface area contributed by atoms with E-state index in [2.05, 4.69) is 0 Å². The van der Waals surface area contributed by atoms with E-state index in [0.29, 0.717) is 12.1 Å². The van der Waals surface area contributed by atoms with Gasteiger partial charge in [-0.1, -0.05) is 0 Å². The lowest BCUT2D eigenvalue weighted by Gasteiger charge is -2.13. The first-order valence-electron chi connectivity index (χ1n) is 8.97. The number of ether oxygens (including phenoxy) is 1. The maximum atomic E-state index is 14.0. The van der Waals surface area contributed by atoms with E-state index in [4.69, 9.17) is 9.15 Å². The second-order valence-electron chi connectivity index (χ2n) is 6.78. The van der Waals surface area contributed by atoms with E-state index in [-0.39, 0.29) is 22.3 Å². The highest BCUT2D eigenvalue weighted by molar-refractivity contribution is 5.88. The van der Waals surface area contributed by atoms with E-state index >= 15 is 0 Å². The topological polar surface area (TPSA) is 120 Å². The molecule has 1 heterocycles. The average molecular weight is 446 g/mol. The number of phenolic OH excluding ortho intramolecular Hbond substituents is 4. The van der Waals surface area contributed by atoms with Crippen LogP contribution in [0, 0.1) is 17.5 Å². The lowest BCUT2D eigenvalue weighted by Crippen LogP contribution is -2.11. The summed E-state index contributed by atoms with van der Waals surface area (Å²) in [7, 11) is 0. The van der Waals surface area contributed by atoms with Gasteiger partial charge in [0.2, 0.25) is 11.2 Å². The summed E-state index contributed by atoms with van der Waals surface area (Å²) in [5.41, 5.74) is -1.52. The van der Waals surface area contributed by atoms with Crippen LogP contribution in [0.5, 0.6) is 28.7 Å². The summed E-state index contributed by atoms with van der Waals surface area (Å²) in [6.07, 6.45) is 0. The largest absolute Gasteiger partial charge is 0.508 e. The first-order chi connectivity index (χ1) is 15.2. The van der Waals surface area contributed by atoms with E-state index in [1.807, 2.05) is 0 Å². The molecule has 7 nitrogen and oxygen atoms in total. The lowest BCUT2D eigenvalue weighted by atomic mass is 10.1. The first kappa shape index (κ1) is 20.9. The molecule has 164 valence electrons. The summed E-state index contributed by atoms with van der Waals surface area (Å²) in [5.74, 6) is -6.74. The van der Waals surface area contributed by atoms with Gasteiger partial charge in [0.05, 0.1) is 0 Å². The van der Waals surface area contributed by atoms with Gasteiger partial charge in [-0.2, -0.15) is 0 Å². The number of hydrogen-bond donors (Lipinski definition) is 4. The summed E-state index contributed by atoms with van der Waals surface area (Å²) in [4.78, 5) is 13.1. The zero-order chi connectivity index (χ0) is 23.2. The van der Waals surface area contributed by atoms with Crippen LogP contribution in [-0.2, 0) is 6.61 Å². The van der Waals surface area contributed by atoms with Crippen molar-refractivity contribution in [3.8, 4) is 40.1 Å². The van der Waals surface area contributed by atoms with Crippen LogP contribution in [0.2, 0.25) is 0 Å². The van der Waals surface area contributed by atoms with Crippen LogP contribution in [0.25, 0.3) is 22.3 Å². The highest BCUT2D eigenvalue weighted by atomic mass is 19.2. The van der Waals surface area contributed by atoms with Crippen molar-refractivity contribution < 1.29 is 42.8 Å². The number of aromatic hydroxyl groups is 4. The minimum Gasteiger partial charge on any atom is -0.508 e. The lowest BCUT2D eigenvalue weighted by molar-refractivity contribution is 0.290. The Morgan fingerprint density at radius 3 is 2.25 bits per heavy atom. The summed E-state index contributed by atoms with van der Waals surface area (Å²) in [6.45, 7) is -0.713. The third-order valence-corrected chi connectivity index (χ3v) is 4.62. The van der Waals surface area contributed by atoms with Gasteiger partial charge < -0.3 is 29.6 Å². The summed E-state index contributed by atoms with van der Waals surface area (Å²) in [5, 5.41) is 38.8. The van der Waals surface area contributed by atoms with Crippen LogP contribution < -0.4 is 10.2 Å². The summed E-state index contributed by atoms with van der Waals surface area (Å²) >= 11 is 0. The van der Waals surface area contributed by atoms with Crippen molar-refractivity contribution in [3.63, 3.8) is 0 Å². The third-order valence-electron chi connectivity index (χ3n) is 4.62. The molecule has 0 saturated carbocycles. The van der Waals surface area contributed by atoms with E-state index in [1.165, 1.54) is 6.07 Å². The van der Waals surface area contributed by atoms with Crippen molar-refractivity contribution >= 4 is 11.0 Å². The Morgan fingerprint density at radius 2 is 1.53 bits per heavy atom. The fourth-order valence-corrected chi connectivity index (χ4v) is 3.08. The SMILES string of the molecule is O=c1c(OCc2cc(F)c(F)cc2F)c(-c2ccc(O)c(O)c2)oc2cc(O)cc(O)c12. The summed E-state index contributed by atoms with van der Waals surface area (Å²) in [6, 6.07) is 6.26. The normalized spacial score (nSPS) is 11.1. The van der Waals surface area contributed by atoms with Crippen LogP contribution in [-0.4, -0.2) is 20.4 Å². The van der Waals surface area contributed by atoms with Gasteiger partial charge in [-0.15, -0.1) is 0 Å². The molecule has 0 radical (unpaired) electrons. The fourth-order valence-electron chi connectivity index (χ4n) is 3.08. The maximum Gasteiger partial charge on any atom is 0.239 e. The zero-order valence-electron chi connectivity index (χ0n) is 15.9. The molecule has 0 fully saturated rings. The van der Waals surface area contributed by atoms with Crippen LogP contribution in [0.4, 0.5) is 13.2 Å². The Hall–Kier alpha value is -4.34. The van der Waals surface area contributed by atoms with Gasteiger partial charge in [-0.25, -0.2) is 13.2 Å². The maximum absolute atomic E-state index is 14.0. The molecule has 0 bridgehead atoms. The molecular weight excluding hydrogens is 433 g/mol. The number of hydrogen-bond acceptors (Lipinski definition) is 7. The Balaban J connectivity index is 1.91. The van der Waals surface area contributed by atoms with Gasteiger partial charge >= 0.3 is 0 Å². The highest BCUT2D eigenvalue weighted by Gasteiger charge is 2.22. The second-order valence-corrected chi connectivity index (χ2v) is 6.78. The van der Waals surface area contributed by atoms with E-state index in [1.54, 1.807) is 0 Å². The predicted molar refractivity (Wildman–Crippen MR) is 105 cm³/mol. The molecule has 4 aromatic rings. The van der Waals surface area contributed by atoms with Crippen molar-refractivity contribution in [3.05, 3.63) is 75.7 Å². The molecule has 1 aromatic heterocycles. The van der Waals surface area contributed by atoms with Crippen molar-refractivity contribution in [2.45, 2.75) is 6.61 Å². The van der Waals surface area contributed by atoms with Crippen LogP contribution >= 0.6 is 0 Å². The number of benzene rings is 3. The van der Waals surface area contributed by atoms with Gasteiger partial charge in [0, 0.05) is 29.3 Å². The van der Waals surface area contributed by atoms with Gasteiger partial charge in [0.25, 0.3) is 0 Å². The van der Waals surface area contributed by atoms with E-state index in [0.717, 1.165) is 24.3 Å². The minimum absolute atomic E-state index is 0.0443. The van der Waals surface area contributed by atoms with Crippen LogP contribution in [0.15, 0.2) is 51.7 Å². The van der Waals surface area contributed by atoms with Crippen LogP contribution in [0.1, 0.15) is 5.56 Å². The molecule has 0 saturated heterocycles. The molecule has 0 unspecified atom stereocenters. The fraction of sp³-hybridized carbons (Fsp3) is 0.0455. The molecule has 0 aliphatic rings. The van der Waals surface area contributed by atoms with Crippen molar-refractivity contribution in [1.29, 1.82) is 0 Å². The summed E-state index contributed by atoms with van der Waals surface area (Å²) < 4.78 is 51.7. The third kappa shape index (κ3) is 3.62. The van der Waals surface area contributed by atoms with Gasteiger partial charge in [0.1, 0.15) is 34.9 Å². The van der Waals surface area contributed by atoms with Crippen molar-refractivity contribution in [2.24, 2.45) is 0 Å². The highest BCUT2D eigenvalue weighted by Crippen LogP contribution is 2.38.